The van der Waals surface area contributed by atoms with Crippen LogP contribution in [0.5, 0.6) is 0 Å². The van der Waals surface area contributed by atoms with Crippen molar-refractivity contribution in [3.8, 4) is 0 Å². The van der Waals surface area contributed by atoms with Gasteiger partial charge in [-0.3, -0.25) is 0 Å². The fraction of sp³-hybridized carbons (Fsp3) is 0.600. The van der Waals surface area contributed by atoms with Crippen molar-refractivity contribution in [3.63, 3.8) is 0 Å². The first-order valence-corrected chi connectivity index (χ1v) is 3.78. The third kappa shape index (κ3) is 3.49. The molecule has 0 rings (SSSR count). The second-order valence-corrected chi connectivity index (χ2v) is 3.63. The Balaban J connectivity index is 4.20. The first kappa shape index (κ1) is 9.48. The van der Waals surface area contributed by atoms with E-state index in [1.54, 1.807) is 0 Å². The molecule has 0 aliphatic heterocycles. The Morgan fingerprint density at radius 1 is 1.20 bits per heavy atom. The van der Waals surface area contributed by atoms with Crippen LogP contribution in [0.3, 0.4) is 0 Å². The maximum Gasteiger partial charge on any atom is -0.0173 e. The highest BCUT2D eigenvalue weighted by atomic mass is 14.2. The van der Waals surface area contributed by atoms with Crippen molar-refractivity contribution >= 4 is 0 Å². The summed E-state index contributed by atoms with van der Waals surface area (Å²) in [4.78, 5) is 0. The fourth-order valence-electron chi connectivity index (χ4n) is 0.491. The molecule has 0 atom stereocenters. The molecule has 0 radical (unpaired) electrons. The molecule has 0 heteroatoms. The topological polar surface area (TPSA) is 0 Å². The third-order valence-electron chi connectivity index (χ3n) is 1.72. The highest BCUT2D eigenvalue weighted by Gasteiger charge is 2.10. The maximum absolute atomic E-state index is 2.22. The van der Waals surface area contributed by atoms with Gasteiger partial charge in [0.25, 0.3) is 0 Å². The van der Waals surface area contributed by atoms with E-state index in [2.05, 4.69) is 45.9 Å². The fourth-order valence-corrected chi connectivity index (χ4v) is 0.491. The quantitative estimate of drug-likeness (QED) is 0.486. The molecule has 0 aromatic rings. The summed E-state index contributed by atoms with van der Waals surface area (Å²) in [6.45, 7) is 10.9. The molecule has 58 valence electrons. The normalized spacial score (nSPS) is 14.7. The van der Waals surface area contributed by atoms with Crippen LogP contribution in [0.15, 0.2) is 23.8 Å². The molecular weight excluding hydrogens is 120 g/mol. The minimum Gasteiger partial charge on any atom is -0.0877 e. The van der Waals surface area contributed by atoms with Crippen LogP contribution in [0.25, 0.3) is 0 Å². The Morgan fingerprint density at radius 2 is 1.70 bits per heavy atom. The molecule has 0 unspecified atom stereocenters. The van der Waals surface area contributed by atoms with Crippen molar-refractivity contribution in [2.75, 3.05) is 0 Å². The summed E-state index contributed by atoms with van der Waals surface area (Å²) in [5, 5.41) is 0. The number of hydrogen-bond acceptors (Lipinski definition) is 0. The van der Waals surface area contributed by atoms with E-state index in [0.29, 0.717) is 5.41 Å². The molecule has 0 amide bonds. The summed E-state index contributed by atoms with van der Waals surface area (Å²) in [7, 11) is 0. The van der Waals surface area contributed by atoms with Crippen LogP contribution in [0.1, 0.15) is 34.6 Å². The molecule has 0 N–H and O–H groups in total. The van der Waals surface area contributed by atoms with E-state index in [1.165, 1.54) is 5.57 Å². The van der Waals surface area contributed by atoms with Gasteiger partial charge >= 0.3 is 0 Å². The van der Waals surface area contributed by atoms with E-state index in [-0.39, 0.29) is 0 Å². The molecular formula is C10H18. The molecule has 0 bridgehead atoms. The average molecular weight is 138 g/mol. The van der Waals surface area contributed by atoms with E-state index >= 15 is 0 Å². The highest BCUT2D eigenvalue weighted by Crippen LogP contribution is 2.23. The molecule has 0 aliphatic carbocycles. The van der Waals surface area contributed by atoms with Crippen LogP contribution in [-0.4, -0.2) is 0 Å². The molecule has 0 aliphatic rings. The second kappa shape index (κ2) is 3.60. The predicted octanol–water partition coefficient (Wildman–Crippen LogP) is 3.55. The summed E-state index contributed by atoms with van der Waals surface area (Å²) in [5.74, 6) is 0. The number of hydrogen-bond donors (Lipinski definition) is 0. The zero-order valence-electron chi connectivity index (χ0n) is 7.73. The maximum atomic E-state index is 2.22. The Morgan fingerprint density at radius 3 is 2.00 bits per heavy atom. The van der Waals surface area contributed by atoms with Gasteiger partial charge in [0, 0.05) is 0 Å². The molecule has 0 aromatic heterocycles. The number of allylic oxidation sites excluding steroid dienone is 4. The molecule has 0 aromatic carbocycles. The molecule has 0 heterocycles. The van der Waals surface area contributed by atoms with Gasteiger partial charge < -0.3 is 0 Å². The van der Waals surface area contributed by atoms with Crippen LogP contribution in [0.2, 0.25) is 0 Å². The van der Waals surface area contributed by atoms with Gasteiger partial charge in [0.15, 0.2) is 0 Å². The lowest BCUT2D eigenvalue weighted by Gasteiger charge is -2.18. The summed E-state index contributed by atoms with van der Waals surface area (Å²) in [6, 6.07) is 0. The van der Waals surface area contributed by atoms with Crippen LogP contribution in [0.4, 0.5) is 0 Å². The van der Waals surface area contributed by atoms with E-state index in [0.717, 1.165) is 0 Å². The second-order valence-electron chi connectivity index (χ2n) is 3.63. The largest absolute Gasteiger partial charge is 0.0877 e. The van der Waals surface area contributed by atoms with E-state index in [1.807, 2.05) is 6.92 Å². The smallest absolute Gasteiger partial charge is 0.0173 e. The summed E-state index contributed by atoms with van der Waals surface area (Å²) in [6.07, 6.45) is 6.30. The predicted molar refractivity (Wildman–Crippen MR) is 48.0 cm³/mol. The first-order valence-electron chi connectivity index (χ1n) is 3.78. The van der Waals surface area contributed by atoms with E-state index < -0.39 is 0 Å². The van der Waals surface area contributed by atoms with E-state index in [9.17, 15) is 0 Å². The van der Waals surface area contributed by atoms with E-state index in [4.69, 9.17) is 0 Å². The Bertz CT molecular complexity index is 142. The summed E-state index contributed by atoms with van der Waals surface area (Å²) >= 11 is 0. The van der Waals surface area contributed by atoms with Crippen molar-refractivity contribution in [1.29, 1.82) is 0 Å². The minimum absolute atomic E-state index is 0.319. The lowest BCUT2D eigenvalue weighted by Crippen LogP contribution is -2.05. The lowest BCUT2D eigenvalue weighted by molar-refractivity contribution is 0.504. The van der Waals surface area contributed by atoms with Crippen molar-refractivity contribution < 1.29 is 0 Å². The molecule has 0 saturated heterocycles. The van der Waals surface area contributed by atoms with Gasteiger partial charge in [0.05, 0.1) is 0 Å². The monoisotopic (exact) mass is 138 g/mol. The van der Waals surface area contributed by atoms with Crippen molar-refractivity contribution in [1.82, 2.24) is 0 Å². The van der Waals surface area contributed by atoms with Crippen LogP contribution >= 0.6 is 0 Å². The molecule has 10 heavy (non-hydrogen) atoms. The van der Waals surface area contributed by atoms with Crippen molar-refractivity contribution in [2.45, 2.75) is 34.6 Å². The van der Waals surface area contributed by atoms with Gasteiger partial charge in [0.1, 0.15) is 0 Å². The zero-order chi connectivity index (χ0) is 8.20. The van der Waals surface area contributed by atoms with Gasteiger partial charge in [-0.15, -0.1) is 0 Å². The van der Waals surface area contributed by atoms with Gasteiger partial charge in [-0.05, 0) is 19.3 Å². The van der Waals surface area contributed by atoms with Gasteiger partial charge in [-0.25, -0.2) is 0 Å². The van der Waals surface area contributed by atoms with Gasteiger partial charge in [-0.2, -0.15) is 0 Å². The molecule has 0 nitrogen and oxygen atoms in total. The SMILES string of the molecule is C/C=C/C=C(\C)C(C)(C)C. The molecule has 0 fully saturated rings. The molecule has 0 saturated carbocycles. The highest BCUT2D eigenvalue weighted by molar-refractivity contribution is 5.15. The third-order valence-corrected chi connectivity index (χ3v) is 1.72. The average Bonchev–Trinajstić information content (AvgIpc) is 1.80. The van der Waals surface area contributed by atoms with Gasteiger partial charge in [-0.1, -0.05) is 44.6 Å². The minimum atomic E-state index is 0.319. The van der Waals surface area contributed by atoms with Gasteiger partial charge in [0.2, 0.25) is 0 Å². The van der Waals surface area contributed by atoms with Crippen LogP contribution < -0.4 is 0 Å². The molecule has 0 spiro atoms. The summed E-state index contributed by atoms with van der Waals surface area (Å²) < 4.78 is 0. The van der Waals surface area contributed by atoms with Crippen LogP contribution in [-0.2, 0) is 0 Å². The van der Waals surface area contributed by atoms with Crippen LogP contribution in [0, 0.1) is 5.41 Å². The van der Waals surface area contributed by atoms with Crippen molar-refractivity contribution in [3.05, 3.63) is 23.8 Å². The first-order chi connectivity index (χ1) is 4.48. The zero-order valence-corrected chi connectivity index (χ0v) is 7.73. The Kier molecular flexibility index (Phi) is 3.41. The standard InChI is InChI=1S/C10H18/c1-6-7-8-9(2)10(3,4)5/h6-8H,1-5H3/b7-6+,9-8+. The summed E-state index contributed by atoms with van der Waals surface area (Å²) in [5.41, 5.74) is 1.74. The Labute approximate surface area is 64.6 Å². The number of rotatable bonds is 1. The van der Waals surface area contributed by atoms with Crippen molar-refractivity contribution in [2.24, 2.45) is 5.41 Å². The Hall–Kier alpha value is -0.520. The lowest BCUT2D eigenvalue weighted by atomic mass is 9.87.